The van der Waals surface area contributed by atoms with Crippen molar-refractivity contribution in [2.75, 3.05) is 5.32 Å². The van der Waals surface area contributed by atoms with Gasteiger partial charge in [0.05, 0.1) is 23.4 Å². The summed E-state index contributed by atoms with van der Waals surface area (Å²) in [6.45, 7) is 0. The number of benzene rings is 1. The zero-order valence-electron chi connectivity index (χ0n) is 14.5. The van der Waals surface area contributed by atoms with Gasteiger partial charge in [0.25, 0.3) is 5.91 Å². The number of carbonyl (C=O) groups excluding carboxylic acids is 1. The molecule has 0 saturated heterocycles. The van der Waals surface area contributed by atoms with Crippen LogP contribution in [0, 0.1) is 17.2 Å². The predicted octanol–water partition coefficient (Wildman–Crippen LogP) is 2.59. The van der Waals surface area contributed by atoms with Crippen LogP contribution < -0.4 is 11.1 Å². The molecule has 1 aliphatic rings. The summed E-state index contributed by atoms with van der Waals surface area (Å²) in [4.78, 5) is 11.2. The summed E-state index contributed by atoms with van der Waals surface area (Å²) in [5, 5.41) is 16.2. The number of nitrogens with one attached hydrogen (secondary N) is 1. The molecule has 3 rings (SSSR count). The third-order valence-electron chi connectivity index (χ3n) is 4.48. The van der Waals surface area contributed by atoms with E-state index in [1.807, 2.05) is 0 Å². The summed E-state index contributed by atoms with van der Waals surface area (Å²) >= 11 is 0. The van der Waals surface area contributed by atoms with Gasteiger partial charge in [-0.2, -0.15) is 19.1 Å². The standard InChI is InChI=1S/C17H17F2N5O3S/c18-17(19)28(26,27)12-5-3-11(4-6-12)22-16-13(15(21)25)9-24(23-16)14(7-8-20)10-1-2-10/h3-6,9-10,14,17H,1-2,7H2,(H2,21,25)(H,22,23). The number of hydrogen-bond donors (Lipinski definition) is 2. The molecule has 0 spiro atoms. The van der Waals surface area contributed by atoms with Crippen LogP contribution in [0.25, 0.3) is 0 Å². The van der Waals surface area contributed by atoms with E-state index < -0.39 is 26.4 Å². The Balaban J connectivity index is 1.87. The molecule has 148 valence electrons. The molecule has 1 heterocycles. The fourth-order valence-corrected chi connectivity index (χ4v) is 3.57. The first kappa shape index (κ1) is 19.8. The van der Waals surface area contributed by atoms with Gasteiger partial charge in [0.2, 0.25) is 9.84 Å². The van der Waals surface area contributed by atoms with Gasteiger partial charge in [-0.25, -0.2) is 8.42 Å². The normalized spacial score (nSPS) is 15.2. The molecule has 1 aliphatic carbocycles. The number of nitrogens with zero attached hydrogens (tertiary/aromatic N) is 3. The quantitative estimate of drug-likeness (QED) is 0.689. The lowest BCUT2D eigenvalue weighted by Gasteiger charge is -2.12. The number of aromatic nitrogens is 2. The molecule has 1 fully saturated rings. The molecule has 1 aromatic carbocycles. The van der Waals surface area contributed by atoms with E-state index in [4.69, 9.17) is 11.0 Å². The summed E-state index contributed by atoms with van der Waals surface area (Å²) < 4.78 is 49.7. The Hall–Kier alpha value is -3.00. The lowest BCUT2D eigenvalue weighted by Crippen LogP contribution is -2.13. The lowest BCUT2D eigenvalue weighted by molar-refractivity contribution is 0.100. The minimum absolute atomic E-state index is 0.105. The van der Waals surface area contributed by atoms with Crippen LogP contribution in [0.1, 0.15) is 35.7 Å². The van der Waals surface area contributed by atoms with Crippen LogP contribution >= 0.6 is 0 Å². The summed E-state index contributed by atoms with van der Waals surface area (Å²) in [6.07, 6.45) is 3.66. The van der Waals surface area contributed by atoms with Crippen LogP contribution in [-0.4, -0.2) is 29.9 Å². The zero-order valence-corrected chi connectivity index (χ0v) is 15.4. The van der Waals surface area contributed by atoms with Crippen LogP contribution in [0.3, 0.4) is 0 Å². The van der Waals surface area contributed by atoms with Crippen LogP contribution in [0.15, 0.2) is 35.4 Å². The molecule has 1 unspecified atom stereocenters. The molecule has 1 atom stereocenters. The van der Waals surface area contributed by atoms with Crippen molar-refractivity contribution in [3.8, 4) is 6.07 Å². The Bertz CT molecular complexity index is 1020. The highest BCUT2D eigenvalue weighted by atomic mass is 32.2. The number of alkyl halides is 2. The van der Waals surface area contributed by atoms with Gasteiger partial charge in [-0.15, -0.1) is 0 Å². The predicted molar refractivity (Wildman–Crippen MR) is 95.7 cm³/mol. The molecule has 8 nitrogen and oxygen atoms in total. The summed E-state index contributed by atoms with van der Waals surface area (Å²) in [7, 11) is -4.69. The van der Waals surface area contributed by atoms with E-state index in [9.17, 15) is 22.0 Å². The smallest absolute Gasteiger partial charge is 0.341 e. The molecular formula is C17H17F2N5O3S. The van der Waals surface area contributed by atoms with Crippen LogP contribution in [-0.2, 0) is 9.84 Å². The Labute approximate surface area is 159 Å². The van der Waals surface area contributed by atoms with Crippen molar-refractivity contribution < 1.29 is 22.0 Å². The topological polar surface area (TPSA) is 131 Å². The third-order valence-corrected chi connectivity index (χ3v) is 5.88. The van der Waals surface area contributed by atoms with Gasteiger partial charge >= 0.3 is 5.76 Å². The van der Waals surface area contributed by atoms with Crippen molar-refractivity contribution in [2.24, 2.45) is 11.7 Å². The van der Waals surface area contributed by atoms with Gasteiger partial charge in [-0.1, -0.05) is 0 Å². The lowest BCUT2D eigenvalue weighted by atomic mass is 10.1. The number of amides is 1. The SMILES string of the molecule is N#CCC(C1CC1)n1cc(C(N)=O)c(Nc2ccc(S(=O)(=O)C(F)F)cc2)n1. The molecule has 0 bridgehead atoms. The van der Waals surface area contributed by atoms with Crippen molar-refractivity contribution >= 4 is 27.2 Å². The number of rotatable bonds is 8. The number of hydrogen-bond acceptors (Lipinski definition) is 6. The number of nitriles is 1. The first-order valence-corrected chi connectivity index (χ1v) is 9.93. The zero-order chi connectivity index (χ0) is 20.5. The highest BCUT2D eigenvalue weighted by Crippen LogP contribution is 2.41. The number of primary amides is 1. The van der Waals surface area contributed by atoms with Crippen molar-refractivity contribution in [3.05, 3.63) is 36.0 Å². The van der Waals surface area contributed by atoms with E-state index in [0.29, 0.717) is 11.6 Å². The second-order valence-corrected chi connectivity index (χ2v) is 8.38. The summed E-state index contributed by atoms with van der Waals surface area (Å²) in [5.74, 6) is -3.78. The number of halogens is 2. The van der Waals surface area contributed by atoms with E-state index in [1.54, 1.807) is 4.68 Å². The second kappa shape index (κ2) is 7.55. The number of sulfone groups is 1. The van der Waals surface area contributed by atoms with Crippen LogP contribution in [0.2, 0.25) is 0 Å². The van der Waals surface area contributed by atoms with Crippen LogP contribution in [0.5, 0.6) is 0 Å². The van der Waals surface area contributed by atoms with E-state index in [0.717, 1.165) is 25.0 Å². The third kappa shape index (κ3) is 3.96. The van der Waals surface area contributed by atoms with Crippen molar-refractivity contribution in [1.82, 2.24) is 9.78 Å². The first-order valence-electron chi connectivity index (χ1n) is 8.39. The fourth-order valence-electron chi connectivity index (χ4n) is 2.85. The molecule has 1 aromatic heterocycles. The monoisotopic (exact) mass is 409 g/mol. The Morgan fingerprint density at radius 2 is 2.00 bits per heavy atom. The molecule has 2 aromatic rings. The maximum Gasteiger partial charge on any atom is 0.341 e. The number of nitrogens with two attached hydrogens (primary N) is 1. The fraction of sp³-hybridized carbons (Fsp3) is 0.353. The minimum Gasteiger partial charge on any atom is -0.365 e. The van der Waals surface area contributed by atoms with Crippen molar-refractivity contribution in [1.29, 1.82) is 5.26 Å². The average molecular weight is 409 g/mol. The van der Waals surface area contributed by atoms with Gasteiger partial charge in [0.15, 0.2) is 5.82 Å². The van der Waals surface area contributed by atoms with Gasteiger partial charge in [-0.3, -0.25) is 9.48 Å². The molecule has 0 radical (unpaired) electrons. The van der Waals surface area contributed by atoms with Gasteiger partial charge < -0.3 is 11.1 Å². The Kier molecular flexibility index (Phi) is 5.33. The van der Waals surface area contributed by atoms with E-state index in [-0.39, 0.29) is 23.8 Å². The van der Waals surface area contributed by atoms with Gasteiger partial charge in [0, 0.05) is 11.9 Å². The van der Waals surface area contributed by atoms with Crippen molar-refractivity contribution in [3.63, 3.8) is 0 Å². The van der Waals surface area contributed by atoms with Crippen LogP contribution in [0.4, 0.5) is 20.3 Å². The minimum atomic E-state index is -4.69. The highest BCUT2D eigenvalue weighted by molar-refractivity contribution is 7.91. The van der Waals surface area contributed by atoms with E-state index in [2.05, 4.69) is 16.5 Å². The molecule has 3 N–H and O–H groups in total. The molecule has 28 heavy (non-hydrogen) atoms. The molecule has 1 saturated carbocycles. The average Bonchev–Trinajstić information content (AvgIpc) is 3.40. The molecular weight excluding hydrogens is 392 g/mol. The molecule has 11 heteroatoms. The second-order valence-electron chi connectivity index (χ2n) is 6.46. The number of carbonyl (C=O) groups is 1. The van der Waals surface area contributed by atoms with E-state index in [1.165, 1.54) is 18.3 Å². The van der Waals surface area contributed by atoms with E-state index >= 15 is 0 Å². The highest BCUT2D eigenvalue weighted by Gasteiger charge is 2.34. The summed E-state index contributed by atoms with van der Waals surface area (Å²) in [6, 6.07) is 6.58. The first-order chi connectivity index (χ1) is 13.2. The molecule has 0 aliphatic heterocycles. The number of anilines is 2. The Morgan fingerprint density at radius 1 is 1.36 bits per heavy atom. The summed E-state index contributed by atoms with van der Waals surface area (Å²) in [5.41, 5.74) is 5.84. The van der Waals surface area contributed by atoms with Gasteiger partial charge in [-0.05, 0) is 43.0 Å². The van der Waals surface area contributed by atoms with Crippen molar-refractivity contribution in [2.45, 2.75) is 36.0 Å². The molecule has 1 amide bonds. The van der Waals surface area contributed by atoms with Gasteiger partial charge in [0.1, 0.15) is 5.56 Å². The maximum atomic E-state index is 12.6. The maximum absolute atomic E-state index is 12.6. The Morgan fingerprint density at radius 3 is 2.50 bits per heavy atom. The largest absolute Gasteiger partial charge is 0.365 e.